The van der Waals surface area contributed by atoms with E-state index in [2.05, 4.69) is 211 Å². The van der Waals surface area contributed by atoms with Gasteiger partial charge in [0.1, 0.15) is 11.2 Å². The van der Waals surface area contributed by atoms with Crippen molar-refractivity contribution in [3.05, 3.63) is 206 Å². The molecule has 0 radical (unpaired) electrons. The lowest BCUT2D eigenvalue weighted by molar-refractivity contribution is 0.0780. The van der Waals surface area contributed by atoms with E-state index in [0.717, 1.165) is 68.1 Å². The van der Waals surface area contributed by atoms with Gasteiger partial charge in [-0.2, -0.15) is 0 Å². The number of fused-ring (bicyclic) bond motifs is 8. The predicted octanol–water partition coefficient (Wildman–Crippen LogP) is 17.4. The van der Waals surface area contributed by atoms with Gasteiger partial charge in [0.15, 0.2) is 0 Å². The normalized spacial score (nSPS) is 21.2. The molecule has 2 unspecified atom stereocenters. The van der Waals surface area contributed by atoms with Crippen LogP contribution in [-0.2, 0) is 5.41 Å². The van der Waals surface area contributed by atoms with Crippen LogP contribution >= 0.6 is 0 Å². The molecule has 3 heteroatoms. The molecule has 318 valence electrons. The molecule has 5 atom stereocenters. The quantitative estimate of drug-likeness (QED) is 0.159. The van der Waals surface area contributed by atoms with Crippen molar-refractivity contribution in [1.82, 2.24) is 4.57 Å². The van der Waals surface area contributed by atoms with Gasteiger partial charge in [0.2, 0.25) is 0 Å². The Morgan fingerprint density at radius 2 is 1.15 bits per heavy atom. The van der Waals surface area contributed by atoms with E-state index in [0.29, 0.717) is 0 Å². The fourth-order valence-corrected chi connectivity index (χ4v) is 13.4. The van der Waals surface area contributed by atoms with Crippen LogP contribution in [0.15, 0.2) is 205 Å². The van der Waals surface area contributed by atoms with Gasteiger partial charge in [-0.1, -0.05) is 140 Å². The Labute approximate surface area is 385 Å². The van der Waals surface area contributed by atoms with Crippen LogP contribution in [0, 0.1) is 23.7 Å². The minimum absolute atomic E-state index is 0.267. The number of anilines is 3. The van der Waals surface area contributed by atoms with E-state index < -0.39 is 0 Å². The molecule has 3 saturated carbocycles. The number of rotatable bonds is 7. The average molecular weight is 851 g/mol. The number of hydrogen-bond donors (Lipinski definition) is 0. The molecule has 9 aromatic carbocycles. The lowest BCUT2D eigenvalue weighted by Gasteiger charge is -2.43. The van der Waals surface area contributed by atoms with Gasteiger partial charge in [-0.25, -0.2) is 0 Å². The van der Waals surface area contributed by atoms with E-state index in [1.54, 1.807) is 0 Å². The Morgan fingerprint density at radius 1 is 0.485 bits per heavy atom. The molecule has 0 spiro atoms. The Bertz CT molecular complexity index is 3680. The van der Waals surface area contributed by atoms with Gasteiger partial charge in [-0.3, -0.25) is 0 Å². The zero-order valence-corrected chi connectivity index (χ0v) is 37.2. The summed E-state index contributed by atoms with van der Waals surface area (Å²) in [6.45, 7) is 2.52. The minimum Gasteiger partial charge on any atom is -0.455 e. The fourth-order valence-electron chi connectivity index (χ4n) is 13.4. The molecule has 0 saturated heterocycles. The summed E-state index contributed by atoms with van der Waals surface area (Å²) in [5, 5.41) is 7.35. The van der Waals surface area contributed by atoms with Gasteiger partial charge in [-0.05, 0) is 155 Å². The van der Waals surface area contributed by atoms with Crippen LogP contribution < -0.4 is 4.90 Å². The summed E-state index contributed by atoms with van der Waals surface area (Å²) >= 11 is 0. The highest BCUT2D eigenvalue weighted by Gasteiger charge is 2.57. The van der Waals surface area contributed by atoms with Crippen molar-refractivity contribution in [3.63, 3.8) is 0 Å². The Hall–Kier alpha value is -7.36. The van der Waals surface area contributed by atoms with Gasteiger partial charge in [0, 0.05) is 49.7 Å². The first-order valence-corrected chi connectivity index (χ1v) is 24.1. The first-order valence-electron chi connectivity index (χ1n) is 24.1. The number of furan rings is 1. The van der Waals surface area contributed by atoms with Crippen molar-refractivity contribution >= 4 is 71.6 Å². The van der Waals surface area contributed by atoms with Gasteiger partial charge < -0.3 is 13.9 Å². The predicted molar refractivity (Wildman–Crippen MR) is 276 cm³/mol. The first-order chi connectivity index (χ1) is 32.5. The van der Waals surface area contributed by atoms with E-state index >= 15 is 0 Å². The zero-order chi connectivity index (χ0) is 43.5. The molecule has 2 aromatic heterocycles. The highest BCUT2D eigenvalue weighted by Crippen LogP contribution is 2.65. The standard InChI is InChI=1S/C63H50N2O/c1-40-32-45-33-46-38-63(37-40,39-57(45)46)47-14-10-15-50(36-47)64(49-30-26-42(27-31-49)52-19-11-20-55-54-18-6-9-23-61(54)66-62(52)55)48-28-24-41(25-29-48)51-16-4-7-21-58(51)65-59-22-8-5-17-53(59)56-34-43-12-2-3-13-44(43)35-60(56)65/h2-31,34-36,40,45-46,57H,32-33,37-39H2,1H3/t40-,45+,46-,57?,63?/m0/s1. The van der Waals surface area contributed by atoms with Crippen LogP contribution in [0.5, 0.6) is 0 Å². The van der Waals surface area contributed by atoms with Crippen molar-refractivity contribution in [2.45, 2.75) is 44.4 Å². The molecule has 14 rings (SSSR count). The second-order valence-corrected chi connectivity index (χ2v) is 20.0. The highest BCUT2D eigenvalue weighted by molar-refractivity contribution is 6.14. The maximum absolute atomic E-state index is 6.50. The summed E-state index contributed by atoms with van der Waals surface area (Å²) in [5.41, 5.74) is 15.4. The molecule has 0 aliphatic heterocycles. The summed E-state index contributed by atoms with van der Waals surface area (Å²) in [5.74, 6) is 3.53. The molecular weight excluding hydrogens is 801 g/mol. The van der Waals surface area contributed by atoms with Crippen LogP contribution in [0.2, 0.25) is 0 Å². The van der Waals surface area contributed by atoms with Gasteiger partial charge in [0.05, 0.1) is 16.7 Å². The first kappa shape index (κ1) is 38.0. The zero-order valence-electron chi connectivity index (χ0n) is 37.2. The average Bonchev–Trinajstić information content (AvgIpc) is 3.97. The molecule has 3 aliphatic rings. The molecule has 3 fully saturated rings. The molecule has 3 nitrogen and oxygen atoms in total. The van der Waals surface area contributed by atoms with E-state index in [-0.39, 0.29) is 5.41 Å². The van der Waals surface area contributed by atoms with Gasteiger partial charge in [-0.15, -0.1) is 0 Å². The number of aromatic nitrogens is 1. The van der Waals surface area contributed by atoms with E-state index in [4.69, 9.17) is 4.42 Å². The largest absolute Gasteiger partial charge is 0.455 e. The highest BCUT2D eigenvalue weighted by atomic mass is 16.3. The van der Waals surface area contributed by atoms with E-state index in [1.807, 2.05) is 6.07 Å². The summed E-state index contributed by atoms with van der Waals surface area (Å²) in [7, 11) is 0. The van der Waals surface area contributed by atoms with Crippen LogP contribution in [0.4, 0.5) is 17.1 Å². The minimum atomic E-state index is 0.267. The van der Waals surface area contributed by atoms with E-state index in [1.165, 1.54) is 92.7 Å². The second-order valence-electron chi connectivity index (χ2n) is 20.0. The fraction of sp³-hybridized carbons (Fsp3) is 0.175. The van der Waals surface area contributed by atoms with Gasteiger partial charge >= 0.3 is 0 Å². The smallest absolute Gasteiger partial charge is 0.143 e. The maximum atomic E-state index is 6.50. The molecule has 2 heterocycles. The molecule has 2 bridgehead atoms. The Kier molecular flexibility index (Phi) is 8.38. The third-order valence-corrected chi connectivity index (χ3v) is 16.2. The Balaban J connectivity index is 0.888. The molecule has 0 N–H and O–H groups in total. The van der Waals surface area contributed by atoms with Crippen LogP contribution in [0.25, 0.3) is 82.5 Å². The number of benzene rings is 9. The Morgan fingerprint density at radius 3 is 1.98 bits per heavy atom. The van der Waals surface area contributed by atoms with Crippen molar-refractivity contribution in [3.8, 4) is 27.9 Å². The topological polar surface area (TPSA) is 21.3 Å². The van der Waals surface area contributed by atoms with Crippen LogP contribution in [-0.4, -0.2) is 4.57 Å². The van der Waals surface area contributed by atoms with Crippen LogP contribution in [0.3, 0.4) is 0 Å². The lowest BCUT2D eigenvalue weighted by atomic mass is 9.63. The number of para-hydroxylation sites is 4. The SMILES string of the molecule is C[C@H]1C[C@@H]2C[C@H]3CC(c4cccc(N(c5ccc(-c6ccccc6-n6c7ccccc7c7cc8ccccc8cc76)cc5)c5ccc(-c6cccc7c6oc6ccccc67)cc5)c4)(CC23)C1. The number of hydrogen-bond acceptors (Lipinski definition) is 2. The molecule has 66 heavy (non-hydrogen) atoms. The third kappa shape index (κ3) is 5.82. The van der Waals surface area contributed by atoms with Crippen molar-refractivity contribution in [2.75, 3.05) is 4.90 Å². The molecule has 11 aromatic rings. The van der Waals surface area contributed by atoms with Crippen molar-refractivity contribution in [1.29, 1.82) is 0 Å². The lowest BCUT2D eigenvalue weighted by Crippen LogP contribution is -2.34. The van der Waals surface area contributed by atoms with Gasteiger partial charge in [0.25, 0.3) is 0 Å². The summed E-state index contributed by atoms with van der Waals surface area (Å²) in [4.78, 5) is 2.48. The van der Waals surface area contributed by atoms with Crippen molar-refractivity contribution < 1.29 is 4.42 Å². The van der Waals surface area contributed by atoms with Crippen LogP contribution in [0.1, 0.15) is 44.6 Å². The third-order valence-electron chi connectivity index (χ3n) is 16.2. The maximum Gasteiger partial charge on any atom is 0.143 e. The summed E-state index contributed by atoms with van der Waals surface area (Å²) in [6, 6.07) is 74.1. The van der Waals surface area contributed by atoms with E-state index in [9.17, 15) is 0 Å². The molecular formula is C63H50N2O. The molecule has 0 amide bonds. The summed E-state index contributed by atoms with van der Waals surface area (Å²) in [6.07, 6.45) is 6.86. The number of nitrogens with zero attached hydrogens (tertiary/aromatic N) is 2. The monoisotopic (exact) mass is 850 g/mol. The van der Waals surface area contributed by atoms with Crippen molar-refractivity contribution in [2.24, 2.45) is 23.7 Å². The molecule has 3 aliphatic carbocycles. The second kappa shape index (κ2) is 14.6. The summed E-state index contributed by atoms with van der Waals surface area (Å²) < 4.78 is 8.97.